The molecule has 1 aromatic carbocycles. The SMILES string of the molecule is O=S(=O)(NC1CCCC1)c1ccc(NCCc2ccc3c(c2)OCO3)nc1. The van der Waals surface area contributed by atoms with E-state index in [1.165, 1.54) is 6.20 Å². The fourth-order valence-corrected chi connectivity index (χ4v) is 4.66. The molecule has 1 saturated carbocycles. The van der Waals surface area contributed by atoms with Crippen LogP contribution in [-0.4, -0.2) is 32.8 Å². The topological polar surface area (TPSA) is 89.6 Å². The van der Waals surface area contributed by atoms with Crippen LogP contribution in [0.4, 0.5) is 5.82 Å². The Bertz CT molecular complexity index is 894. The zero-order valence-electron chi connectivity index (χ0n) is 15.0. The summed E-state index contributed by atoms with van der Waals surface area (Å²) in [5.74, 6) is 2.20. The van der Waals surface area contributed by atoms with Crippen molar-refractivity contribution in [3.05, 3.63) is 42.1 Å². The minimum atomic E-state index is -3.50. The van der Waals surface area contributed by atoms with Crippen molar-refractivity contribution >= 4 is 15.8 Å². The Morgan fingerprint density at radius 1 is 1.07 bits per heavy atom. The zero-order chi connectivity index (χ0) is 18.7. The summed E-state index contributed by atoms with van der Waals surface area (Å²) in [4.78, 5) is 4.44. The molecule has 2 aliphatic rings. The Morgan fingerprint density at radius 3 is 2.67 bits per heavy atom. The maximum absolute atomic E-state index is 12.4. The number of ether oxygens (including phenoxy) is 2. The van der Waals surface area contributed by atoms with Gasteiger partial charge in [0.1, 0.15) is 10.7 Å². The van der Waals surface area contributed by atoms with Crippen LogP contribution in [0.2, 0.25) is 0 Å². The number of aromatic nitrogens is 1. The zero-order valence-corrected chi connectivity index (χ0v) is 15.8. The minimum Gasteiger partial charge on any atom is -0.454 e. The Labute approximate surface area is 159 Å². The summed E-state index contributed by atoms with van der Waals surface area (Å²) < 4.78 is 38.2. The van der Waals surface area contributed by atoms with E-state index >= 15 is 0 Å². The highest BCUT2D eigenvalue weighted by atomic mass is 32.2. The molecular weight excluding hydrogens is 366 g/mol. The van der Waals surface area contributed by atoms with Crippen molar-refractivity contribution < 1.29 is 17.9 Å². The molecule has 7 nitrogen and oxygen atoms in total. The van der Waals surface area contributed by atoms with Crippen LogP contribution in [0.15, 0.2) is 41.4 Å². The van der Waals surface area contributed by atoms with Gasteiger partial charge in [0.15, 0.2) is 11.5 Å². The molecule has 1 aromatic heterocycles. The van der Waals surface area contributed by atoms with E-state index in [-0.39, 0.29) is 17.7 Å². The molecule has 0 bridgehead atoms. The van der Waals surface area contributed by atoms with Gasteiger partial charge in [-0.05, 0) is 49.1 Å². The predicted octanol–water partition coefficient (Wildman–Crippen LogP) is 2.69. The molecule has 0 atom stereocenters. The van der Waals surface area contributed by atoms with E-state index in [9.17, 15) is 8.42 Å². The first kappa shape index (κ1) is 18.1. The molecule has 0 spiro atoms. The first-order chi connectivity index (χ1) is 13.1. The third-order valence-electron chi connectivity index (χ3n) is 4.88. The van der Waals surface area contributed by atoms with E-state index in [1.807, 2.05) is 18.2 Å². The maximum Gasteiger partial charge on any atom is 0.242 e. The van der Waals surface area contributed by atoms with Gasteiger partial charge in [-0.1, -0.05) is 18.9 Å². The van der Waals surface area contributed by atoms with Crippen LogP contribution in [0, 0.1) is 0 Å². The van der Waals surface area contributed by atoms with Gasteiger partial charge < -0.3 is 14.8 Å². The van der Waals surface area contributed by atoms with Crippen LogP contribution in [0.1, 0.15) is 31.2 Å². The van der Waals surface area contributed by atoms with E-state index in [0.29, 0.717) is 12.4 Å². The fourth-order valence-electron chi connectivity index (χ4n) is 3.41. The van der Waals surface area contributed by atoms with E-state index in [4.69, 9.17) is 9.47 Å². The lowest BCUT2D eigenvalue weighted by molar-refractivity contribution is 0.174. The number of anilines is 1. The summed E-state index contributed by atoms with van der Waals surface area (Å²) >= 11 is 0. The van der Waals surface area contributed by atoms with Crippen LogP contribution in [-0.2, 0) is 16.4 Å². The van der Waals surface area contributed by atoms with Crippen molar-refractivity contribution in [3.8, 4) is 11.5 Å². The predicted molar refractivity (Wildman–Crippen MR) is 102 cm³/mol. The van der Waals surface area contributed by atoms with Crippen molar-refractivity contribution in [1.82, 2.24) is 9.71 Å². The highest BCUT2D eigenvalue weighted by Crippen LogP contribution is 2.32. The molecule has 1 aliphatic heterocycles. The number of fused-ring (bicyclic) bond motifs is 1. The van der Waals surface area contributed by atoms with Gasteiger partial charge in [0.05, 0.1) is 0 Å². The van der Waals surface area contributed by atoms with Crippen LogP contribution in [0.5, 0.6) is 11.5 Å². The fraction of sp³-hybridized carbons (Fsp3) is 0.421. The van der Waals surface area contributed by atoms with Gasteiger partial charge in [0.2, 0.25) is 16.8 Å². The molecule has 1 aliphatic carbocycles. The van der Waals surface area contributed by atoms with Crippen molar-refractivity contribution in [2.24, 2.45) is 0 Å². The van der Waals surface area contributed by atoms with Crippen LogP contribution in [0.3, 0.4) is 0 Å². The van der Waals surface area contributed by atoms with Crippen LogP contribution < -0.4 is 19.5 Å². The number of hydrogen-bond donors (Lipinski definition) is 2. The molecule has 0 unspecified atom stereocenters. The molecule has 0 amide bonds. The summed E-state index contributed by atoms with van der Waals surface area (Å²) in [5.41, 5.74) is 1.13. The second-order valence-electron chi connectivity index (χ2n) is 6.85. The van der Waals surface area contributed by atoms with Crippen molar-refractivity contribution in [3.63, 3.8) is 0 Å². The first-order valence-corrected chi connectivity index (χ1v) is 10.7. The number of nitrogens with one attached hydrogen (secondary N) is 2. The molecule has 0 saturated heterocycles. The summed E-state index contributed by atoms with van der Waals surface area (Å²) in [6.45, 7) is 0.949. The molecule has 2 aromatic rings. The van der Waals surface area contributed by atoms with Crippen molar-refractivity contribution in [2.45, 2.75) is 43.0 Å². The first-order valence-electron chi connectivity index (χ1n) is 9.21. The Morgan fingerprint density at radius 2 is 1.89 bits per heavy atom. The highest BCUT2D eigenvalue weighted by Gasteiger charge is 2.23. The lowest BCUT2D eigenvalue weighted by atomic mass is 10.1. The van der Waals surface area contributed by atoms with Gasteiger partial charge in [0.25, 0.3) is 0 Å². The molecular formula is C19H23N3O4S. The van der Waals surface area contributed by atoms with E-state index in [2.05, 4.69) is 15.0 Å². The molecule has 1 fully saturated rings. The largest absolute Gasteiger partial charge is 0.454 e. The van der Waals surface area contributed by atoms with Gasteiger partial charge in [-0.15, -0.1) is 0 Å². The molecule has 4 rings (SSSR count). The lowest BCUT2D eigenvalue weighted by Gasteiger charge is -2.12. The minimum absolute atomic E-state index is 0.0505. The number of hydrogen-bond acceptors (Lipinski definition) is 6. The third-order valence-corrected chi connectivity index (χ3v) is 6.39. The smallest absolute Gasteiger partial charge is 0.242 e. The number of pyridine rings is 1. The molecule has 2 N–H and O–H groups in total. The average Bonchev–Trinajstić information content (AvgIpc) is 3.33. The normalized spacial score (nSPS) is 16.6. The second-order valence-corrected chi connectivity index (χ2v) is 8.56. The molecule has 8 heteroatoms. The van der Waals surface area contributed by atoms with Crippen molar-refractivity contribution in [1.29, 1.82) is 0 Å². The lowest BCUT2D eigenvalue weighted by Crippen LogP contribution is -2.32. The van der Waals surface area contributed by atoms with Gasteiger partial charge in [-0.25, -0.2) is 18.1 Å². The number of sulfonamides is 1. The van der Waals surface area contributed by atoms with Crippen molar-refractivity contribution in [2.75, 3.05) is 18.7 Å². The Balaban J connectivity index is 1.31. The molecule has 27 heavy (non-hydrogen) atoms. The van der Waals surface area contributed by atoms with Gasteiger partial charge in [-0.2, -0.15) is 0 Å². The summed E-state index contributed by atoms with van der Waals surface area (Å²) in [6.07, 6.45) is 6.18. The summed E-state index contributed by atoms with van der Waals surface area (Å²) in [5, 5.41) is 3.21. The highest BCUT2D eigenvalue weighted by molar-refractivity contribution is 7.89. The maximum atomic E-state index is 12.4. The van der Waals surface area contributed by atoms with E-state index in [1.54, 1.807) is 12.1 Å². The summed E-state index contributed by atoms with van der Waals surface area (Å²) in [7, 11) is -3.50. The van der Waals surface area contributed by atoms with Crippen LogP contribution in [0.25, 0.3) is 0 Å². The number of rotatable bonds is 7. The van der Waals surface area contributed by atoms with E-state index in [0.717, 1.165) is 49.2 Å². The van der Waals surface area contributed by atoms with Gasteiger partial charge in [-0.3, -0.25) is 0 Å². The monoisotopic (exact) mass is 389 g/mol. The van der Waals surface area contributed by atoms with Crippen LogP contribution >= 0.6 is 0 Å². The number of nitrogens with zero attached hydrogens (tertiary/aromatic N) is 1. The quantitative estimate of drug-likeness (QED) is 0.757. The molecule has 0 radical (unpaired) electrons. The Kier molecular flexibility index (Phi) is 5.18. The van der Waals surface area contributed by atoms with Gasteiger partial charge in [0, 0.05) is 18.8 Å². The molecule has 144 valence electrons. The standard InChI is InChI=1S/C19H23N3O4S/c23-27(24,22-15-3-1-2-4-15)16-6-8-19(21-12-16)20-10-9-14-5-7-17-18(11-14)26-13-25-17/h5-8,11-12,15,22H,1-4,9-10,13H2,(H,20,21). The molecule has 2 heterocycles. The van der Waals surface area contributed by atoms with E-state index < -0.39 is 10.0 Å². The third kappa shape index (κ3) is 4.33. The number of benzene rings is 1. The second kappa shape index (κ2) is 7.74. The van der Waals surface area contributed by atoms with Gasteiger partial charge >= 0.3 is 0 Å². The Hall–Kier alpha value is -2.32. The summed E-state index contributed by atoms with van der Waals surface area (Å²) in [6, 6.07) is 9.23. The average molecular weight is 389 g/mol.